The van der Waals surface area contributed by atoms with Crippen molar-refractivity contribution in [2.75, 3.05) is 6.26 Å². The van der Waals surface area contributed by atoms with E-state index in [9.17, 15) is 8.42 Å². The molecular weight excluding hydrogens is 370 g/mol. The van der Waals surface area contributed by atoms with E-state index in [2.05, 4.69) is 35.2 Å². The second kappa shape index (κ2) is 7.78. The first-order valence-corrected chi connectivity index (χ1v) is 11.1. The van der Waals surface area contributed by atoms with Gasteiger partial charge in [-0.3, -0.25) is 4.90 Å². The van der Waals surface area contributed by atoms with E-state index in [1.807, 2.05) is 30.3 Å². The summed E-state index contributed by atoms with van der Waals surface area (Å²) in [6.45, 7) is 2.78. The highest BCUT2D eigenvalue weighted by atomic mass is 32.2. The monoisotopic (exact) mass is 392 g/mol. The van der Waals surface area contributed by atoms with Crippen LogP contribution in [0.4, 0.5) is 0 Å². The third-order valence-electron chi connectivity index (χ3n) is 4.90. The van der Waals surface area contributed by atoms with Crippen molar-refractivity contribution < 1.29 is 13.2 Å². The lowest BCUT2D eigenvalue weighted by Crippen LogP contribution is -2.16. The van der Waals surface area contributed by atoms with Gasteiger partial charge in [0, 0.05) is 25.9 Å². The minimum absolute atomic E-state index is 0.240. The number of hydrogen-bond acceptors (Lipinski definition) is 4. The molecule has 4 rings (SSSR count). The molecule has 0 aliphatic carbocycles. The van der Waals surface area contributed by atoms with Crippen LogP contribution in [0.25, 0.3) is 0 Å². The Kier molecular flexibility index (Phi) is 5.20. The minimum atomic E-state index is -3.40. The molecule has 0 bridgehead atoms. The van der Waals surface area contributed by atoms with Crippen LogP contribution < -0.4 is 4.74 Å². The second-order valence-corrected chi connectivity index (χ2v) is 9.15. The summed E-state index contributed by atoms with van der Waals surface area (Å²) < 4.78 is 30.5. The van der Waals surface area contributed by atoms with Gasteiger partial charge in [0.25, 0.3) is 0 Å². The summed E-state index contributed by atoms with van der Waals surface area (Å²) in [6, 6.07) is 24.3. The van der Waals surface area contributed by atoms with E-state index in [4.69, 9.17) is 4.74 Å². The number of nitrogens with zero attached hydrogens (tertiary/aromatic N) is 1. The van der Waals surface area contributed by atoms with Crippen molar-refractivity contribution in [3.8, 4) is 5.75 Å². The zero-order valence-corrected chi connectivity index (χ0v) is 16.6. The Labute approximate surface area is 166 Å². The zero-order chi connectivity index (χ0) is 19.6. The average molecular weight is 393 g/mol. The quantitative estimate of drug-likeness (QED) is 0.636. The number of rotatable bonds is 6. The largest absolute Gasteiger partial charge is 0.488 e. The third-order valence-corrected chi connectivity index (χ3v) is 6.02. The van der Waals surface area contributed by atoms with Gasteiger partial charge in [0.05, 0.1) is 0 Å². The molecular formula is C23H22NO3S. The Morgan fingerprint density at radius 3 is 2.29 bits per heavy atom. The maximum absolute atomic E-state index is 12.3. The van der Waals surface area contributed by atoms with Gasteiger partial charge in [-0.25, -0.2) is 8.42 Å². The Bertz CT molecular complexity index is 1050. The molecule has 1 radical (unpaired) electrons. The van der Waals surface area contributed by atoms with Crippen LogP contribution >= 0.6 is 0 Å². The van der Waals surface area contributed by atoms with Gasteiger partial charge in [-0.1, -0.05) is 54.6 Å². The Morgan fingerprint density at radius 2 is 1.64 bits per heavy atom. The van der Waals surface area contributed by atoms with Gasteiger partial charge in [-0.2, -0.15) is 0 Å². The van der Waals surface area contributed by atoms with Crippen molar-refractivity contribution in [3.05, 3.63) is 95.1 Å². The molecule has 0 N–H and O–H groups in total. The zero-order valence-electron chi connectivity index (χ0n) is 15.8. The smallest absolute Gasteiger partial charge is 0.179 e. The van der Waals surface area contributed by atoms with E-state index >= 15 is 0 Å². The van der Waals surface area contributed by atoms with Crippen LogP contribution in [0.3, 0.4) is 0 Å². The fraction of sp³-hybridized carbons (Fsp3) is 0.217. The standard InChI is InChI=1S/C23H22NO3S/c1-28(25,26)23-13-19(14-24-15-20-9-5-6-10-21(20)16-24)11-12-22(23)27-17-18-7-3-2-4-8-18/h3-13H,14-17H2,1H3. The number of ether oxygens (including phenoxy) is 1. The van der Waals surface area contributed by atoms with Crippen molar-refractivity contribution >= 4 is 9.84 Å². The van der Waals surface area contributed by atoms with E-state index in [0.29, 0.717) is 18.9 Å². The molecule has 1 aliphatic heterocycles. The SMILES string of the molecule is CS(=O)(=O)c1cc(CN2Cc3ccccc3C2)ccc1OCc1cc[c]cc1. The van der Waals surface area contributed by atoms with Crippen LogP contribution in [0, 0.1) is 6.07 Å². The summed E-state index contributed by atoms with van der Waals surface area (Å²) in [7, 11) is -3.40. The van der Waals surface area contributed by atoms with Gasteiger partial charge < -0.3 is 4.74 Å². The summed E-state index contributed by atoms with van der Waals surface area (Å²) in [5.74, 6) is 0.392. The maximum atomic E-state index is 12.3. The molecule has 0 saturated carbocycles. The number of hydrogen-bond donors (Lipinski definition) is 0. The predicted molar refractivity (Wildman–Crippen MR) is 109 cm³/mol. The first-order valence-electron chi connectivity index (χ1n) is 9.19. The van der Waals surface area contributed by atoms with E-state index in [0.717, 1.165) is 24.2 Å². The van der Waals surface area contributed by atoms with Crippen molar-refractivity contribution in [2.24, 2.45) is 0 Å². The number of sulfone groups is 1. The molecule has 28 heavy (non-hydrogen) atoms. The van der Waals surface area contributed by atoms with Gasteiger partial charge >= 0.3 is 0 Å². The molecule has 0 atom stereocenters. The Morgan fingerprint density at radius 1 is 0.964 bits per heavy atom. The Hall–Kier alpha value is -2.63. The van der Waals surface area contributed by atoms with Gasteiger partial charge in [0.1, 0.15) is 17.3 Å². The summed E-state index contributed by atoms with van der Waals surface area (Å²) in [5.41, 5.74) is 4.61. The average Bonchev–Trinajstić information content (AvgIpc) is 3.09. The normalized spacial score (nSPS) is 14.0. The lowest BCUT2D eigenvalue weighted by molar-refractivity contribution is 0.274. The highest BCUT2D eigenvalue weighted by Gasteiger charge is 2.20. The molecule has 5 heteroatoms. The molecule has 1 aliphatic rings. The van der Waals surface area contributed by atoms with Crippen molar-refractivity contribution in [3.63, 3.8) is 0 Å². The third kappa shape index (κ3) is 4.26. The molecule has 0 aromatic heterocycles. The summed E-state index contributed by atoms with van der Waals surface area (Å²) in [5, 5.41) is 0. The molecule has 0 saturated heterocycles. The first kappa shape index (κ1) is 18.7. The molecule has 1 heterocycles. The van der Waals surface area contributed by atoms with Crippen LogP contribution in [-0.2, 0) is 36.1 Å². The highest BCUT2D eigenvalue weighted by Crippen LogP contribution is 2.29. The van der Waals surface area contributed by atoms with Gasteiger partial charge in [0.2, 0.25) is 0 Å². The van der Waals surface area contributed by atoms with Crippen molar-refractivity contribution in [2.45, 2.75) is 31.1 Å². The second-order valence-electron chi connectivity index (χ2n) is 7.16. The summed E-state index contributed by atoms with van der Waals surface area (Å²) >= 11 is 0. The molecule has 3 aromatic rings. The van der Waals surface area contributed by atoms with E-state index in [1.165, 1.54) is 17.4 Å². The van der Waals surface area contributed by atoms with E-state index in [-0.39, 0.29) is 4.90 Å². The minimum Gasteiger partial charge on any atom is -0.488 e. The molecule has 0 unspecified atom stereocenters. The molecule has 4 nitrogen and oxygen atoms in total. The topological polar surface area (TPSA) is 46.6 Å². The van der Waals surface area contributed by atoms with E-state index < -0.39 is 9.84 Å². The van der Waals surface area contributed by atoms with Crippen LogP contribution in [0.1, 0.15) is 22.3 Å². The lowest BCUT2D eigenvalue weighted by Gasteiger charge is -2.17. The van der Waals surface area contributed by atoms with Crippen LogP contribution in [0.2, 0.25) is 0 Å². The number of fused-ring (bicyclic) bond motifs is 1. The molecule has 0 spiro atoms. The number of benzene rings is 3. The lowest BCUT2D eigenvalue weighted by atomic mass is 10.1. The van der Waals surface area contributed by atoms with Crippen LogP contribution in [-0.4, -0.2) is 19.6 Å². The van der Waals surface area contributed by atoms with Gasteiger partial charge in [-0.15, -0.1) is 0 Å². The highest BCUT2D eigenvalue weighted by molar-refractivity contribution is 7.90. The summed E-state index contributed by atoms with van der Waals surface area (Å²) in [4.78, 5) is 2.55. The molecule has 143 valence electrons. The van der Waals surface area contributed by atoms with E-state index in [1.54, 1.807) is 12.1 Å². The first-order chi connectivity index (χ1) is 13.5. The van der Waals surface area contributed by atoms with Crippen LogP contribution in [0.5, 0.6) is 5.75 Å². The van der Waals surface area contributed by atoms with Crippen LogP contribution in [0.15, 0.2) is 71.6 Å². The molecule has 0 fully saturated rings. The van der Waals surface area contributed by atoms with Gasteiger partial charge in [-0.05, 0) is 40.5 Å². The predicted octanol–water partition coefficient (Wildman–Crippen LogP) is 3.99. The fourth-order valence-electron chi connectivity index (χ4n) is 3.51. The fourth-order valence-corrected chi connectivity index (χ4v) is 4.37. The van der Waals surface area contributed by atoms with Crippen molar-refractivity contribution in [1.29, 1.82) is 0 Å². The Balaban J connectivity index is 1.52. The molecule has 0 amide bonds. The maximum Gasteiger partial charge on any atom is 0.179 e. The molecule has 3 aromatic carbocycles. The van der Waals surface area contributed by atoms with Crippen molar-refractivity contribution in [1.82, 2.24) is 4.90 Å². The van der Waals surface area contributed by atoms with Gasteiger partial charge in [0.15, 0.2) is 9.84 Å². The summed E-state index contributed by atoms with van der Waals surface area (Å²) in [6.07, 6.45) is 1.22.